The van der Waals surface area contributed by atoms with Crippen molar-refractivity contribution in [3.8, 4) is 0 Å². The third kappa shape index (κ3) is 3.19. The minimum absolute atomic E-state index is 0.846. The molecule has 0 aromatic carbocycles. The van der Waals surface area contributed by atoms with Crippen molar-refractivity contribution in [2.24, 2.45) is 7.05 Å². The second-order valence-electron chi connectivity index (χ2n) is 6.53. The van der Waals surface area contributed by atoms with Gasteiger partial charge < -0.3 is 14.4 Å². The highest BCUT2D eigenvalue weighted by Gasteiger charge is 2.21. The molecule has 0 aliphatic carbocycles. The summed E-state index contributed by atoms with van der Waals surface area (Å²) in [5.74, 6) is 2.94. The number of rotatable bonds is 4. The molecule has 0 amide bonds. The predicted molar refractivity (Wildman–Crippen MR) is 92.0 cm³/mol. The van der Waals surface area contributed by atoms with Gasteiger partial charge in [-0.25, -0.2) is 4.98 Å². The Labute approximate surface area is 142 Å². The molecule has 128 valence electrons. The standard InChI is InChI=1S/C16H24N8/c1-21-13-18-20-15(21)12-22-8-10-24(11-9-22)16-17-5-4-14(19-16)23-6-2-3-7-23/h4-5,13H,2-3,6-12H2,1H3. The fourth-order valence-electron chi connectivity index (χ4n) is 3.37. The van der Waals surface area contributed by atoms with E-state index in [1.807, 2.05) is 23.9 Å². The number of aromatic nitrogens is 5. The van der Waals surface area contributed by atoms with Gasteiger partial charge in [-0.05, 0) is 18.9 Å². The molecule has 8 nitrogen and oxygen atoms in total. The maximum Gasteiger partial charge on any atom is 0.227 e. The highest BCUT2D eigenvalue weighted by atomic mass is 15.3. The molecule has 2 aromatic heterocycles. The monoisotopic (exact) mass is 328 g/mol. The predicted octanol–water partition coefficient (Wildman–Crippen LogP) is 0.527. The number of anilines is 2. The fourth-order valence-corrected chi connectivity index (χ4v) is 3.37. The molecule has 0 N–H and O–H groups in total. The molecule has 4 rings (SSSR count). The van der Waals surface area contributed by atoms with Crippen molar-refractivity contribution in [3.05, 3.63) is 24.4 Å². The summed E-state index contributed by atoms with van der Waals surface area (Å²) in [5, 5.41) is 8.12. The Morgan fingerprint density at radius 2 is 1.79 bits per heavy atom. The molecule has 2 fully saturated rings. The van der Waals surface area contributed by atoms with Crippen molar-refractivity contribution in [1.82, 2.24) is 29.6 Å². The van der Waals surface area contributed by atoms with Gasteiger partial charge in [0.2, 0.25) is 5.95 Å². The lowest BCUT2D eigenvalue weighted by molar-refractivity contribution is 0.240. The first kappa shape index (κ1) is 15.3. The molecule has 0 unspecified atom stereocenters. The van der Waals surface area contributed by atoms with Gasteiger partial charge in [0.15, 0.2) is 0 Å². The normalized spacial score (nSPS) is 19.2. The molecular formula is C16H24N8. The molecule has 24 heavy (non-hydrogen) atoms. The van der Waals surface area contributed by atoms with Crippen molar-refractivity contribution in [2.45, 2.75) is 19.4 Å². The number of nitrogens with zero attached hydrogens (tertiary/aromatic N) is 8. The molecule has 0 atom stereocenters. The van der Waals surface area contributed by atoms with E-state index < -0.39 is 0 Å². The molecule has 0 spiro atoms. The minimum atomic E-state index is 0.846. The van der Waals surface area contributed by atoms with E-state index in [0.29, 0.717) is 0 Å². The van der Waals surface area contributed by atoms with E-state index in [1.165, 1.54) is 12.8 Å². The fraction of sp³-hybridized carbons (Fsp3) is 0.625. The van der Waals surface area contributed by atoms with Crippen LogP contribution in [-0.2, 0) is 13.6 Å². The van der Waals surface area contributed by atoms with Gasteiger partial charge in [0.25, 0.3) is 0 Å². The lowest BCUT2D eigenvalue weighted by Crippen LogP contribution is -2.46. The first-order chi connectivity index (χ1) is 11.8. The summed E-state index contributed by atoms with van der Waals surface area (Å²) in [6.07, 6.45) is 6.17. The lowest BCUT2D eigenvalue weighted by Gasteiger charge is -2.34. The summed E-state index contributed by atoms with van der Waals surface area (Å²) in [6.45, 7) is 6.94. The third-order valence-electron chi connectivity index (χ3n) is 4.88. The van der Waals surface area contributed by atoms with Crippen LogP contribution in [0.15, 0.2) is 18.6 Å². The molecule has 8 heteroatoms. The van der Waals surface area contributed by atoms with Gasteiger partial charge in [-0.2, -0.15) is 4.98 Å². The highest BCUT2D eigenvalue weighted by molar-refractivity contribution is 5.44. The van der Waals surface area contributed by atoms with E-state index in [4.69, 9.17) is 4.98 Å². The third-order valence-corrected chi connectivity index (χ3v) is 4.88. The maximum atomic E-state index is 4.79. The Balaban J connectivity index is 1.37. The second kappa shape index (κ2) is 6.72. The van der Waals surface area contributed by atoms with Crippen LogP contribution in [0.4, 0.5) is 11.8 Å². The summed E-state index contributed by atoms with van der Waals surface area (Å²) in [7, 11) is 1.99. The van der Waals surface area contributed by atoms with Gasteiger partial charge in [-0.3, -0.25) is 4.90 Å². The lowest BCUT2D eigenvalue weighted by atomic mass is 10.3. The molecule has 0 saturated carbocycles. The van der Waals surface area contributed by atoms with Crippen LogP contribution >= 0.6 is 0 Å². The highest BCUT2D eigenvalue weighted by Crippen LogP contribution is 2.20. The Hall–Kier alpha value is -2.22. The first-order valence-electron chi connectivity index (χ1n) is 8.68. The Morgan fingerprint density at radius 3 is 2.50 bits per heavy atom. The number of piperazine rings is 1. The average molecular weight is 328 g/mol. The second-order valence-corrected chi connectivity index (χ2v) is 6.53. The SMILES string of the molecule is Cn1cnnc1CN1CCN(c2nccc(N3CCCC3)n2)CC1. The van der Waals surface area contributed by atoms with Gasteiger partial charge in [0.1, 0.15) is 18.0 Å². The average Bonchev–Trinajstić information content (AvgIpc) is 3.28. The van der Waals surface area contributed by atoms with Crippen molar-refractivity contribution in [3.63, 3.8) is 0 Å². The van der Waals surface area contributed by atoms with Gasteiger partial charge in [-0.15, -0.1) is 10.2 Å². The van der Waals surface area contributed by atoms with Crippen molar-refractivity contribution in [2.75, 3.05) is 49.1 Å². The van der Waals surface area contributed by atoms with Gasteiger partial charge >= 0.3 is 0 Å². The van der Waals surface area contributed by atoms with E-state index in [2.05, 4.69) is 29.9 Å². The molecule has 4 heterocycles. The summed E-state index contributed by atoms with van der Waals surface area (Å²) in [6, 6.07) is 2.03. The van der Waals surface area contributed by atoms with Crippen molar-refractivity contribution in [1.29, 1.82) is 0 Å². The number of hydrogen-bond donors (Lipinski definition) is 0. The van der Waals surface area contributed by atoms with Crippen LogP contribution in [0.3, 0.4) is 0 Å². The van der Waals surface area contributed by atoms with Crippen LogP contribution in [0.1, 0.15) is 18.7 Å². The molecule has 2 aliphatic rings. The molecule has 2 aliphatic heterocycles. The molecule has 2 saturated heterocycles. The Kier molecular flexibility index (Phi) is 4.29. The summed E-state index contributed by atoms with van der Waals surface area (Å²) < 4.78 is 1.98. The number of hydrogen-bond acceptors (Lipinski definition) is 7. The van der Waals surface area contributed by atoms with Crippen LogP contribution in [0.5, 0.6) is 0 Å². The van der Waals surface area contributed by atoms with Crippen molar-refractivity contribution < 1.29 is 0 Å². The zero-order valence-electron chi connectivity index (χ0n) is 14.2. The Bertz CT molecular complexity index is 670. The quantitative estimate of drug-likeness (QED) is 0.811. The molecule has 2 aromatic rings. The van der Waals surface area contributed by atoms with Crippen LogP contribution in [0.2, 0.25) is 0 Å². The summed E-state index contributed by atoms with van der Waals surface area (Å²) >= 11 is 0. The topological polar surface area (TPSA) is 66.2 Å². The zero-order valence-corrected chi connectivity index (χ0v) is 14.2. The molecule has 0 bridgehead atoms. The van der Waals surface area contributed by atoms with E-state index in [-0.39, 0.29) is 0 Å². The van der Waals surface area contributed by atoms with Crippen LogP contribution in [0.25, 0.3) is 0 Å². The van der Waals surface area contributed by atoms with Gasteiger partial charge in [-0.1, -0.05) is 0 Å². The summed E-state index contributed by atoms with van der Waals surface area (Å²) in [5.41, 5.74) is 0. The van der Waals surface area contributed by atoms with Crippen LogP contribution in [0, 0.1) is 0 Å². The summed E-state index contributed by atoms with van der Waals surface area (Å²) in [4.78, 5) is 16.3. The van der Waals surface area contributed by atoms with Gasteiger partial charge in [0, 0.05) is 52.5 Å². The molecular weight excluding hydrogens is 304 g/mol. The largest absolute Gasteiger partial charge is 0.356 e. The van der Waals surface area contributed by atoms with Crippen LogP contribution in [-0.4, -0.2) is 68.9 Å². The van der Waals surface area contributed by atoms with E-state index in [1.54, 1.807) is 6.33 Å². The van der Waals surface area contributed by atoms with Crippen LogP contribution < -0.4 is 9.80 Å². The molecule has 0 radical (unpaired) electrons. The number of aryl methyl sites for hydroxylation is 1. The zero-order chi connectivity index (χ0) is 16.4. The maximum absolute atomic E-state index is 4.79. The van der Waals surface area contributed by atoms with Crippen molar-refractivity contribution >= 4 is 11.8 Å². The van der Waals surface area contributed by atoms with E-state index in [9.17, 15) is 0 Å². The minimum Gasteiger partial charge on any atom is -0.356 e. The van der Waals surface area contributed by atoms with Gasteiger partial charge in [0.05, 0.1) is 6.54 Å². The smallest absolute Gasteiger partial charge is 0.227 e. The van der Waals surface area contributed by atoms with E-state index >= 15 is 0 Å². The Morgan fingerprint density at radius 1 is 1.00 bits per heavy atom. The van der Waals surface area contributed by atoms with E-state index in [0.717, 1.165) is 63.4 Å². The first-order valence-corrected chi connectivity index (χ1v) is 8.68.